The van der Waals surface area contributed by atoms with Crippen molar-refractivity contribution in [3.8, 4) is 0 Å². The molecule has 0 saturated carbocycles. The van der Waals surface area contributed by atoms with Gasteiger partial charge in [0.15, 0.2) is 5.89 Å². The highest BCUT2D eigenvalue weighted by molar-refractivity contribution is 5.76. The number of hydrogen-bond donors (Lipinski definition) is 1. The molecule has 0 bridgehead atoms. The molecule has 0 atom stereocenters. The molecule has 26 heavy (non-hydrogen) atoms. The van der Waals surface area contributed by atoms with E-state index in [1.165, 1.54) is 4.68 Å². The van der Waals surface area contributed by atoms with Crippen LogP contribution in [0.15, 0.2) is 40.8 Å². The van der Waals surface area contributed by atoms with Crippen LogP contribution in [-0.4, -0.2) is 32.1 Å². The van der Waals surface area contributed by atoms with Gasteiger partial charge in [-0.2, -0.15) is 5.10 Å². The first-order valence-electron chi connectivity index (χ1n) is 8.67. The highest BCUT2D eigenvalue weighted by atomic mass is 16.4. The maximum atomic E-state index is 12.6. The van der Waals surface area contributed by atoms with Crippen molar-refractivity contribution >= 4 is 11.7 Å². The van der Waals surface area contributed by atoms with E-state index in [4.69, 9.17) is 10.2 Å². The molecule has 0 radical (unpaired) electrons. The van der Waals surface area contributed by atoms with Crippen molar-refractivity contribution in [2.24, 2.45) is 0 Å². The van der Waals surface area contributed by atoms with E-state index >= 15 is 0 Å². The molecule has 4 rings (SSSR count). The molecule has 0 unspecified atom stereocenters. The maximum absolute atomic E-state index is 12.6. The molecule has 3 heterocycles. The fraction of sp³-hybridized carbons (Fsp3) is 0.316. The summed E-state index contributed by atoms with van der Waals surface area (Å²) in [6, 6.07) is 11.9. The Kier molecular flexibility index (Phi) is 4.20. The van der Waals surface area contributed by atoms with E-state index in [-0.39, 0.29) is 12.5 Å². The average molecular weight is 351 g/mol. The second kappa shape index (κ2) is 6.67. The molecule has 2 aromatic heterocycles. The van der Waals surface area contributed by atoms with E-state index < -0.39 is 0 Å². The van der Waals surface area contributed by atoms with Gasteiger partial charge in [-0.25, -0.2) is 9.67 Å². The molecule has 0 spiro atoms. The standard InChI is InChI=1S/C19H21N5O2/c1-13-9-17(20)24(22-13)12-19(25)23-8-7-16-15(11-23)21-18(26-16)10-14-5-3-2-4-6-14/h2-6,9H,7-8,10-12,20H2,1H3. The van der Waals surface area contributed by atoms with Crippen molar-refractivity contribution in [2.45, 2.75) is 32.9 Å². The monoisotopic (exact) mass is 351 g/mol. The minimum atomic E-state index is -0.0157. The van der Waals surface area contributed by atoms with Crippen molar-refractivity contribution in [1.82, 2.24) is 19.7 Å². The molecule has 2 N–H and O–H groups in total. The molecule has 1 amide bonds. The fourth-order valence-corrected chi connectivity index (χ4v) is 3.23. The Morgan fingerprint density at radius 2 is 2.12 bits per heavy atom. The number of aryl methyl sites for hydroxylation is 1. The molecule has 1 aliphatic rings. The third kappa shape index (κ3) is 3.33. The number of rotatable bonds is 4. The number of nitrogens with zero attached hydrogens (tertiary/aromatic N) is 4. The lowest BCUT2D eigenvalue weighted by molar-refractivity contribution is -0.133. The lowest BCUT2D eigenvalue weighted by atomic mass is 10.1. The number of nitrogen functional groups attached to an aromatic ring is 1. The predicted molar refractivity (Wildman–Crippen MR) is 96.2 cm³/mol. The maximum Gasteiger partial charge on any atom is 0.244 e. The first kappa shape index (κ1) is 16.4. The number of carbonyl (C=O) groups excluding carboxylic acids is 1. The summed E-state index contributed by atoms with van der Waals surface area (Å²) in [6.45, 7) is 3.08. The average Bonchev–Trinajstić information content (AvgIpc) is 3.16. The molecule has 1 aromatic carbocycles. The molecular formula is C19H21N5O2. The first-order valence-corrected chi connectivity index (χ1v) is 8.67. The summed E-state index contributed by atoms with van der Waals surface area (Å²) in [6.07, 6.45) is 1.33. The van der Waals surface area contributed by atoms with Gasteiger partial charge in [-0.15, -0.1) is 0 Å². The van der Waals surface area contributed by atoms with E-state index in [2.05, 4.69) is 22.2 Å². The number of benzene rings is 1. The second-order valence-electron chi connectivity index (χ2n) is 6.57. The number of carbonyl (C=O) groups is 1. The largest absolute Gasteiger partial charge is 0.445 e. The van der Waals surface area contributed by atoms with E-state index in [1.807, 2.05) is 25.1 Å². The van der Waals surface area contributed by atoms with Crippen LogP contribution in [0.2, 0.25) is 0 Å². The van der Waals surface area contributed by atoms with Crippen LogP contribution in [0.1, 0.15) is 28.6 Å². The van der Waals surface area contributed by atoms with Crippen LogP contribution in [0, 0.1) is 6.92 Å². The lowest BCUT2D eigenvalue weighted by Gasteiger charge is -2.25. The van der Waals surface area contributed by atoms with E-state index in [0.717, 1.165) is 22.7 Å². The zero-order chi connectivity index (χ0) is 18.1. The molecule has 7 nitrogen and oxygen atoms in total. The Balaban J connectivity index is 1.44. The summed E-state index contributed by atoms with van der Waals surface area (Å²) in [4.78, 5) is 19.0. The first-order chi connectivity index (χ1) is 12.6. The summed E-state index contributed by atoms with van der Waals surface area (Å²) in [5.74, 6) is 2.06. The summed E-state index contributed by atoms with van der Waals surface area (Å²) in [5.41, 5.74) is 8.68. The zero-order valence-corrected chi connectivity index (χ0v) is 14.7. The van der Waals surface area contributed by atoms with Gasteiger partial charge in [0.2, 0.25) is 5.91 Å². The van der Waals surface area contributed by atoms with Crippen LogP contribution >= 0.6 is 0 Å². The summed E-state index contributed by atoms with van der Waals surface area (Å²) in [5, 5.41) is 4.25. The molecule has 3 aromatic rings. The molecule has 0 saturated heterocycles. The van der Waals surface area contributed by atoms with Crippen molar-refractivity contribution in [3.05, 3.63) is 65.0 Å². The highest BCUT2D eigenvalue weighted by Gasteiger charge is 2.26. The number of hydrogen-bond acceptors (Lipinski definition) is 5. The van der Waals surface area contributed by atoms with Gasteiger partial charge in [-0.1, -0.05) is 30.3 Å². The Bertz CT molecular complexity index is 929. The quantitative estimate of drug-likeness (QED) is 0.776. The minimum Gasteiger partial charge on any atom is -0.445 e. The SMILES string of the molecule is Cc1cc(N)n(CC(=O)N2CCc3oc(Cc4ccccc4)nc3C2)n1. The van der Waals surface area contributed by atoms with Crippen molar-refractivity contribution < 1.29 is 9.21 Å². The number of oxazole rings is 1. The van der Waals surface area contributed by atoms with Crippen LogP contribution in [0.4, 0.5) is 5.82 Å². The zero-order valence-electron chi connectivity index (χ0n) is 14.7. The van der Waals surface area contributed by atoms with Crippen LogP contribution < -0.4 is 5.73 Å². The Labute approximate surface area is 151 Å². The number of nitrogens with two attached hydrogens (primary N) is 1. The number of fused-ring (bicyclic) bond motifs is 1. The number of amides is 1. The summed E-state index contributed by atoms with van der Waals surface area (Å²) in [7, 11) is 0. The Hall–Kier alpha value is -3.09. The van der Waals surface area contributed by atoms with Gasteiger partial charge < -0.3 is 15.1 Å². The fourth-order valence-electron chi connectivity index (χ4n) is 3.23. The molecule has 0 fully saturated rings. The van der Waals surface area contributed by atoms with Gasteiger partial charge in [0.1, 0.15) is 23.8 Å². The van der Waals surface area contributed by atoms with E-state index in [9.17, 15) is 4.79 Å². The van der Waals surface area contributed by atoms with Crippen LogP contribution in [0.3, 0.4) is 0 Å². The van der Waals surface area contributed by atoms with E-state index in [0.29, 0.717) is 37.6 Å². The predicted octanol–water partition coefficient (Wildman–Crippen LogP) is 1.94. The van der Waals surface area contributed by atoms with Crippen molar-refractivity contribution in [1.29, 1.82) is 0 Å². The normalized spacial score (nSPS) is 13.7. The molecule has 0 aliphatic carbocycles. The number of anilines is 1. The van der Waals surface area contributed by atoms with Crippen molar-refractivity contribution in [3.63, 3.8) is 0 Å². The van der Waals surface area contributed by atoms with Gasteiger partial charge in [-0.05, 0) is 12.5 Å². The topological polar surface area (TPSA) is 90.2 Å². The molecule has 134 valence electrons. The van der Waals surface area contributed by atoms with Gasteiger partial charge in [-0.3, -0.25) is 4.79 Å². The minimum absolute atomic E-state index is 0.0157. The smallest absolute Gasteiger partial charge is 0.244 e. The third-order valence-electron chi connectivity index (χ3n) is 4.54. The molecule has 1 aliphatic heterocycles. The summed E-state index contributed by atoms with van der Waals surface area (Å²) < 4.78 is 7.43. The Morgan fingerprint density at radius 3 is 2.85 bits per heavy atom. The Morgan fingerprint density at radius 1 is 1.31 bits per heavy atom. The second-order valence-corrected chi connectivity index (χ2v) is 6.57. The van der Waals surface area contributed by atoms with Crippen molar-refractivity contribution in [2.75, 3.05) is 12.3 Å². The number of aromatic nitrogens is 3. The van der Waals surface area contributed by atoms with Gasteiger partial charge in [0.25, 0.3) is 0 Å². The van der Waals surface area contributed by atoms with Gasteiger partial charge in [0, 0.05) is 25.5 Å². The van der Waals surface area contributed by atoms with Crippen LogP contribution in [-0.2, 0) is 30.7 Å². The van der Waals surface area contributed by atoms with E-state index in [1.54, 1.807) is 11.0 Å². The highest BCUT2D eigenvalue weighted by Crippen LogP contribution is 2.22. The van der Waals surface area contributed by atoms with Gasteiger partial charge in [0.05, 0.1) is 12.2 Å². The summed E-state index contributed by atoms with van der Waals surface area (Å²) >= 11 is 0. The van der Waals surface area contributed by atoms with Gasteiger partial charge >= 0.3 is 0 Å². The van der Waals surface area contributed by atoms with Crippen LogP contribution in [0.5, 0.6) is 0 Å². The molecule has 7 heteroatoms. The van der Waals surface area contributed by atoms with Crippen LogP contribution in [0.25, 0.3) is 0 Å². The third-order valence-corrected chi connectivity index (χ3v) is 4.54. The molecular weight excluding hydrogens is 330 g/mol. The lowest BCUT2D eigenvalue weighted by Crippen LogP contribution is -2.38.